The van der Waals surface area contributed by atoms with E-state index in [1.165, 1.54) is 30.3 Å². The Balaban J connectivity index is 1.98. The maximum Gasteiger partial charge on any atom is 0.432 e. The molecule has 1 aliphatic carbocycles. The highest BCUT2D eigenvalue weighted by Crippen LogP contribution is 2.49. The van der Waals surface area contributed by atoms with Gasteiger partial charge in [0.05, 0.1) is 11.4 Å². The molecule has 2 aromatic carbocycles. The van der Waals surface area contributed by atoms with Crippen LogP contribution in [0.1, 0.15) is 42.9 Å². The lowest BCUT2D eigenvalue weighted by molar-refractivity contribution is -0.144. The van der Waals surface area contributed by atoms with Crippen molar-refractivity contribution in [3.8, 4) is 11.4 Å². The van der Waals surface area contributed by atoms with E-state index >= 15 is 0 Å². The van der Waals surface area contributed by atoms with E-state index in [4.69, 9.17) is 0 Å². The van der Waals surface area contributed by atoms with Gasteiger partial charge < -0.3 is 14.8 Å². The molecule has 0 amide bonds. The van der Waals surface area contributed by atoms with Gasteiger partial charge in [-0.3, -0.25) is 4.79 Å². The van der Waals surface area contributed by atoms with Crippen LogP contribution in [0.4, 0.5) is 17.6 Å². The van der Waals surface area contributed by atoms with Crippen LogP contribution in [-0.4, -0.2) is 20.7 Å². The Morgan fingerprint density at radius 2 is 1.63 bits per heavy atom. The van der Waals surface area contributed by atoms with E-state index in [0.29, 0.717) is 0 Å². The molecule has 1 saturated carbocycles. The standard InChI is InChI=1S/C22H19F4NO3/c23-14-8-10-15(11-9-14)27-16-2-1-3-17(28)19(16)18(20(27)22(24,25)26)12-4-6-13(7-5-12)21(29)30/h1-3,8-13,28H,4-7H2,(H,29,30). The number of aromatic hydroxyl groups is 1. The molecule has 3 aromatic rings. The Bertz CT molecular complexity index is 1090. The lowest BCUT2D eigenvalue weighted by Crippen LogP contribution is -2.22. The van der Waals surface area contributed by atoms with Crippen molar-refractivity contribution in [2.45, 2.75) is 37.8 Å². The van der Waals surface area contributed by atoms with Gasteiger partial charge in [0.25, 0.3) is 0 Å². The fourth-order valence-electron chi connectivity index (χ4n) is 4.51. The van der Waals surface area contributed by atoms with Crippen LogP contribution in [0.2, 0.25) is 0 Å². The van der Waals surface area contributed by atoms with Crippen LogP contribution in [0, 0.1) is 11.7 Å². The summed E-state index contributed by atoms with van der Waals surface area (Å²) in [5, 5.41) is 19.8. The molecule has 0 radical (unpaired) electrons. The van der Waals surface area contributed by atoms with Crippen molar-refractivity contribution in [2.24, 2.45) is 5.92 Å². The van der Waals surface area contributed by atoms with Crippen LogP contribution in [0.25, 0.3) is 16.6 Å². The van der Waals surface area contributed by atoms with Crippen molar-refractivity contribution in [3.63, 3.8) is 0 Å². The highest BCUT2D eigenvalue weighted by atomic mass is 19.4. The first-order valence-electron chi connectivity index (χ1n) is 9.60. The van der Waals surface area contributed by atoms with E-state index in [1.807, 2.05) is 0 Å². The zero-order valence-electron chi connectivity index (χ0n) is 15.8. The number of aromatic nitrogens is 1. The lowest BCUT2D eigenvalue weighted by atomic mass is 9.77. The molecule has 0 bridgehead atoms. The van der Waals surface area contributed by atoms with Crippen molar-refractivity contribution in [1.82, 2.24) is 4.57 Å². The van der Waals surface area contributed by atoms with Crippen LogP contribution in [0.15, 0.2) is 42.5 Å². The quantitative estimate of drug-likeness (QED) is 0.522. The van der Waals surface area contributed by atoms with Gasteiger partial charge >= 0.3 is 12.1 Å². The number of carboxylic acids is 1. The molecular weight excluding hydrogens is 402 g/mol. The molecule has 1 heterocycles. The van der Waals surface area contributed by atoms with Gasteiger partial charge in [0, 0.05) is 11.1 Å². The number of alkyl halides is 3. The summed E-state index contributed by atoms with van der Waals surface area (Å²) < 4.78 is 57.4. The van der Waals surface area contributed by atoms with Crippen LogP contribution in [-0.2, 0) is 11.0 Å². The molecule has 0 spiro atoms. The average Bonchev–Trinajstić information content (AvgIpc) is 3.06. The molecule has 0 saturated heterocycles. The average molecular weight is 421 g/mol. The second-order valence-corrected chi connectivity index (χ2v) is 7.63. The van der Waals surface area contributed by atoms with E-state index < -0.39 is 35.5 Å². The number of phenolic OH excluding ortho intramolecular Hbond substituents is 1. The zero-order chi connectivity index (χ0) is 21.6. The minimum atomic E-state index is -4.74. The second-order valence-electron chi connectivity index (χ2n) is 7.63. The molecule has 0 atom stereocenters. The lowest BCUT2D eigenvalue weighted by Gasteiger charge is -2.27. The number of rotatable bonds is 3. The summed E-state index contributed by atoms with van der Waals surface area (Å²) >= 11 is 0. The summed E-state index contributed by atoms with van der Waals surface area (Å²) in [5.74, 6) is -2.90. The van der Waals surface area contributed by atoms with E-state index in [2.05, 4.69) is 0 Å². The number of phenols is 1. The highest BCUT2D eigenvalue weighted by molar-refractivity contribution is 5.93. The molecule has 0 aliphatic heterocycles. The smallest absolute Gasteiger partial charge is 0.432 e. The van der Waals surface area contributed by atoms with Crippen LogP contribution < -0.4 is 0 Å². The van der Waals surface area contributed by atoms with Gasteiger partial charge in [-0.15, -0.1) is 0 Å². The zero-order valence-corrected chi connectivity index (χ0v) is 15.8. The molecule has 2 N–H and O–H groups in total. The van der Waals surface area contributed by atoms with E-state index in [-0.39, 0.29) is 53.6 Å². The number of nitrogens with zero attached hydrogens (tertiary/aromatic N) is 1. The minimum absolute atomic E-state index is 0.0243. The molecular formula is C22H19F4NO3. The summed E-state index contributed by atoms with van der Waals surface area (Å²) in [4.78, 5) is 11.3. The summed E-state index contributed by atoms with van der Waals surface area (Å²) in [5.41, 5.74) is -0.637. The number of carbonyl (C=O) groups is 1. The minimum Gasteiger partial charge on any atom is -0.507 e. The molecule has 1 aromatic heterocycles. The highest BCUT2D eigenvalue weighted by Gasteiger charge is 2.43. The number of carboxylic acid groups (broad SMARTS) is 1. The number of hydrogen-bond donors (Lipinski definition) is 2. The first-order chi connectivity index (χ1) is 14.2. The van der Waals surface area contributed by atoms with Gasteiger partial charge in [-0.2, -0.15) is 13.2 Å². The normalized spacial score (nSPS) is 19.9. The fourth-order valence-corrected chi connectivity index (χ4v) is 4.51. The molecule has 4 rings (SSSR count). The Morgan fingerprint density at radius 3 is 2.20 bits per heavy atom. The maximum absolute atomic E-state index is 14.3. The number of benzene rings is 2. The molecule has 1 fully saturated rings. The Morgan fingerprint density at radius 1 is 1.00 bits per heavy atom. The number of hydrogen-bond acceptors (Lipinski definition) is 2. The number of fused-ring (bicyclic) bond motifs is 1. The monoisotopic (exact) mass is 421 g/mol. The molecule has 0 unspecified atom stereocenters. The maximum atomic E-state index is 14.3. The molecule has 158 valence electrons. The summed E-state index contributed by atoms with van der Waals surface area (Å²) in [6, 6.07) is 8.98. The predicted molar refractivity (Wildman–Crippen MR) is 102 cm³/mol. The number of halogens is 4. The summed E-state index contributed by atoms with van der Waals surface area (Å²) in [7, 11) is 0. The van der Waals surface area contributed by atoms with Gasteiger partial charge in [-0.1, -0.05) is 6.07 Å². The number of aliphatic carboxylic acids is 1. The topological polar surface area (TPSA) is 62.5 Å². The van der Waals surface area contributed by atoms with E-state index in [0.717, 1.165) is 16.7 Å². The Kier molecular flexibility index (Phi) is 4.95. The van der Waals surface area contributed by atoms with Crippen molar-refractivity contribution in [3.05, 3.63) is 59.5 Å². The Labute approximate surface area is 169 Å². The summed E-state index contributed by atoms with van der Waals surface area (Å²) in [6.07, 6.45) is -3.64. The van der Waals surface area contributed by atoms with Gasteiger partial charge in [-0.05, 0) is 73.6 Å². The molecule has 8 heteroatoms. The van der Waals surface area contributed by atoms with Gasteiger partial charge in [-0.25, -0.2) is 4.39 Å². The van der Waals surface area contributed by atoms with Gasteiger partial charge in [0.15, 0.2) is 0 Å². The first-order valence-corrected chi connectivity index (χ1v) is 9.60. The first kappa shape index (κ1) is 20.3. The van der Waals surface area contributed by atoms with Crippen molar-refractivity contribution < 1.29 is 32.6 Å². The van der Waals surface area contributed by atoms with Crippen molar-refractivity contribution in [2.75, 3.05) is 0 Å². The molecule has 4 nitrogen and oxygen atoms in total. The third-order valence-corrected chi connectivity index (χ3v) is 5.85. The molecule has 1 aliphatic rings. The van der Waals surface area contributed by atoms with Crippen LogP contribution in [0.5, 0.6) is 5.75 Å². The predicted octanol–water partition coefficient (Wildman–Crippen LogP) is 5.85. The van der Waals surface area contributed by atoms with E-state index in [1.54, 1.807) is 0 Å². The van der Waals surface area contributed by atoms with E-state index in [9.17, 15) is 32.6 Å². The largest absolute Gasteiger partial charge is 0.507 e. The second kappa shape index (κ2) is 7.34. The SMILES string of the molecule is O=C(O)C1CCC(c2c(C(F)(F)F)n(-c3ccc(F)cc3)c3cccc(O)c23)CC1. The van der Waals surface area contributed by atoms with Gasteiger partial charge in [0.1, 0.15) is 17.3 Å². The van der Waals surface area contributed by atoms with Crippen LogP contribution >= 0.6 is 0 Å². The summed E-state index contributed by atoms with van der Waals surface area (Å²) in [6.45, 7) is 0. The van der Waals surface area contributed by atoms with Crippen molar-refractivity contribution in [1.29, 1.82) is 0 Å². The third kappa shape index (κ3) is 3.40. The fraction of sp³-hybridized carbons (Fsp3) is 0.318. The van der Waals surface area contributed by atoms with Crippen LogP contribution in [0.3, 0.4) is 0 Å². The molecule has 30 heavy (non-hydrogen) atoms. The third-order valence-electron chi connectivity index (χ3n) is 5.85. The Hall–Kier alpha value is -3.03. The van der Waals surface area contributed by atoms with Crippen molar-refractivity contribution >= 4 is 16.9 Å². The van der Waals surface area contributed by atoms with Gasteiger partial charge in [0.2, 0.25) is 0 Å².